The van der Waals surface area contributed by atoms with Gasteiger partial charge in [-0.1, -0.05) is 0 Å². The first-order valence-electron chi connectivity index (χ1n) is 4.75. The third kappa shape index (κ3) is 2.31. The van der Waals surface area contributed by atoms with E-state index in [2.05, 4.69) is 20.3 Å². The highest BCUT2D eigenvalue weighted by molar-refractivity contribution is 5.25. The zero-order chi connectivity index (χ0) is 10.7. The van der Waals surface area contributed by atoms with Crippen molar-refractivity contribution < 1.29 is 0 Å². The molecule has 2 aromatic rings. The summed E-state index contributed by atoms with van der Waals surface area (Å²) in [6, 6.07) is 1.87. The quantitative estimate of drug-likeness (QED) is 0.812. The second kappa shape index (κ2) is 4.08. The molecule has 0 saturated carbocycles. The Balaban J connectivity index is 2.02. The van der Waals surface area contributed by atoms with Crippen LogP contribution in [0, 0.1) is 6.92 Å². The Morgan fingerprint density at radius 2 is 2.20 bits per heavy atom. The molecule has 0 aliphatic carbocycles. The van der Waals surface area contributed by atoms with Crippen LogP contribution in [0.4, 0.5) is 5.95 Å². The van der Waals surface area contributed by atoms with Gasteiger partial charge >= 0.3 is 0 Å². The van der Waals surface area contributed by atoms with Crippen molar-refractivity contribution in [2.45, 2.75) is 13.5 Å². The number of rotatable bonds is 3. The van der Waals surface area contributed by atoms with E-state index in [9.17, 15) is 0 Å². The van der Waals surface area contributed by atoms with Crippen molar-refractivity contribution >= 4 is 5.95 Å². The average Bonchev–Trinajstić information content (AvgIpc) is 2.61. The maximum absolute atomic E-state index is 4.24. The number of hydrogen-bond donors (Lipinski definition) is 1. The first-order valence-corrected chi connectivity index (χ1v) is 4.75. The van der Waals surface area contributed by atoms with E-state index >= 15 is 0 Å². The average molecular weight is 203 g/mol. The van der Waals surface area contributed by atoms with Gasteiger partial charge in [0.2, 0.25) is 5.95 Å². The van der Waals surface area contributed by atoms with Crippen molar-refractivity contribution in [3.05, 3.63) is 36.2 Å². The molecular formula is C10H13N5. The molecule has 0 aliphatic heterocycles. The molecule has 15 heavy (non-hydrogen) atoms. The Hall–Kier alpha value is -1.91. The number of aromatic nitrogens is 4. The molecule has 0 fully saturated rings. The summed E-state index contributed by atoms with van der Waals surface area (Å²) in [5, 5.41) is 3.12. The summed E-state index contributed by atoms with van der Waals surface area (Å²) >= 11 is 0. The smallest absolute Gasteiger partial charge is 0.223 e. The molecule has 0 aliphatic rings. The van der Waals surface area contributed by atoms with E-state index in [1.807, 2.05) is 30.8 Å². The number of imidazole rings is 1. The molecule has 2 rings (SSSR count). The van der Waals surface area contributed by atoms with E-state index < -0.39 is 0 Å². The molecule has 78 valence electrons. The SMILES string of the molecule is Cc1ccnc(NCc2nccn2C)n1. The van der Waals surface area contributed by atoms with Crippen LogP contribution in [0.5, 0.6) is 0 Å². The summed E-state index contributed by atoms with van der Waals surface area (Å²) in [5.74, 6) is 1.60. The fraction of sp³-hybridized carbons (Fsp3) is 0.300. The molecule has 0 atom stereocenters. The third-order valence-corrected chi connectivity index (χ3v) is 2.12. The molecule has 5 nitrogen and oxygen atoms in total. The van der Waals surface area contributed by atoms with Crippen LogP contribution < -0.4 is 5.32 Å². The second-order valence-corrected chi connectivity index (χ2v) is 3.33. The van der Waals surface area contributed by atoms with E-state index in [-0.39, 0.29) is 0 Å². The Labute approximate surface area is 88.2 Å². The first-order chi connectivity index (χ1) is 7.25. The molecule has 2 heterocycles. The zero-order valence-electron chi connectivity index (χ0n) is 8.81. The Bertz CT molecular complexity index is 449. The second-order valence-electron chi connectivity index (χ2n) is 3.33. The van der Waals surface area contributed by atoms with Gasteiger partial charge in [-0.25, -0.2) is 15.0 Å². The minimum absolute atomic E-state index is 0.632. The topological polar surface area (TPSA) is 55.6 Å². The van der Waals surface area contributed by atoms with Gasteiger partial charge in [0.25, 0.3) is 0 Å². The first kappa shape index (κ1) is 9.64. The summed E-state index contributed by atoms with van der Waals surface area (Å²) in [6.07, 6.45) is 5.42. The highest BCUT2D eigenvalue weighted by atomic mass is 15.1. The van der Waals surface area contributed by atoms with Crippen molar-refractivity contribution in [3.63, 3.8) is 0 Å². The van der Waals surface area contributed by atoms with Gasteiger partial charge in [0, 0.05) is 31.3 Å². The minimum Gasteiger partial charge on any atom is -0.347 e. The molecular weight excluding hydrogens is 190 g/mol. The van der Waals surface area contributed by atoms with Crippen molar-refractivity contribution in [1.82, 2.24) is 19.5 Å². The van der Waals surface area contributed by atoms with Gasteiger partial charge in [0.1, 0.15) is 5.82 Å². The van der Waals surface area contributed by atoms with E-state index in [4.69, 9.17) is 0 Å². The van der Waals surface area contributed by atoms with E-state index in [1.54, 1.807) is 12.4 Å². The van der Waals surface area contributed by atoms with Gasteiger partial charge in [-0.2, -0.15) is 0 Å². The van der Waals surface area contributed by atoms with Crippen LogP contribution in [0.3, 0.4) is 0 Å². The van der Waals surface area contributed by atoms with Crippen LogP contribution in [0.25, 0.3) is 0 Å². The van der Waals surface area contributed by atoms with Crippen molar-refractivity contribution in [2.75, 3.05) is 5.32 Å². The van der Waals surface area contributed by atoms with Gasteiger partial charge in [-0.15, -0.1) is 0 Å². The molecule has 5 heteroatoms. The predicted octanol–water partition coefficient (Wildman–Crippen LogP) is 1.13. The zero-order valence-corrected chi connectivity index (χ0v) is 8.81. The molecule has 0 amide bonds. The van der Waals surface area contributed by atoms with Gasteiger partial charge in [-0.3, -0.25) is 0 Å². The summed E-state index contributed by atoms with van der Waals surface area (Å²) in [4.78, 5) is 12.6. The number of hydrogen-bond acceptors (Lipinski definition) is 4. The van der Waals surface area contributed by atoms with Gasteiger partial charge in [0.05, 0.1) is 6.54 Å². The Morgan fingerprint density at radius 3 is 2.87 bits per heavy atom. The summed E-state index contributed by atoms with van der Waals surface area (Å²) in [7, 11) is 1.96. The molecule has 0 bridgehead atoms. The number of nitrogens with one attached hydrogen (secondary N) is 1. The molecule has 0 radical (unpaired) electrons. The number of nitrogens with zero attached hydrogens (tertiary/aromatic N) is 4. The molecule has 0 saturated heterocycles. The van der Waals surface area contributed by atoms with Crippen LogP contribution in [0.15, 0.2) is 24.7 Å². The predicted molar refractivity (Wildman–Crippen MR) is 57.3 cm³/mol. The Morgan fingerprint density at radius 1 is 1.33 bits per heavy atom. The highest BCUT2D eigenvalue weighted by Crippen LogP contribution is 2.01. The van der Waals surface area contributed by atoms with Crippen LogP contribution >= 0.6 is 0 Å². The molecule has 0 aromatic carbocycles. The van der Waals surface area contributed by atoms with E-state index in [0.29, 0.717) is 12.5 Å². The van der Waals surface area contributed by atoms with Crippen molar-refractivity contribution in [3.8, 4) is 0 Å². The molecule has 2 aromatic heterocycles. The number of anilines is 1. The fourth-order valence-electron chi connectivity index (χ4n) is 1.26. The van der Waals surface area contributed by atoms with Crippen molar-refractivity contribution in [1.29, 1.82) is 0 Å². The molecule has 1 N–H and O–H groups in total. The summed E-state index contributed by atoms with van der Waals surface area (Å²) in [6.45, 7) is 2.57. The Kier molecular flexibility index (Phi) is 2.62. The maximum atomic E-state index is 4.24. The lowest BCUT2D eigenvalue weighted by Crippen LogP contribution is -2.08. The molecule has 0 spiro atoms. The maximum Gasteiger partial charge on any atom is 0.223 e. The van der Waals surface area contributed by atoms with E-state index in [1.165, 1.54) is 0 Å². The van der Waals surface area contributed by atoms with Crippen LogP contribution in [0.1, 0.15) is 11.5 Å². The fourth-order valence-corrected chi connectivity index (χ4v) is 1.26. The monoisotopic (exact) mass is 203 g/mol. The third-order valence-electron chi connectivity index (χ3n) is 2.12. The van der Waals surface area contributed by atoms with Gasteiger partial charge in [-0.05, 0) is 13.0 Å². The van der Waals surface area contributed by atoms with E-state index in [0.717, 1.165) is 11.5 Å². The van der Waals surface area contributed by atoms with Gasteiger partial charge < -0.3 is 9.88 Å². The van der Waals surface area contributed by atoms with Crippen molar-refractivity contribution in [2.24, 2.45) is 7.05 Å². The lowest BCUT2D eigenvalue weighted by atomic mass is 10.5. The minimum atomic E-state index is 0.632. The lowest BCUT2D eigenvalue weighted by Gasteiger charge is -2.04. The summed E-state index contributed by atoms with van der Waals surface area (Å²) in [5.41, 5.74) is 0.951. The van der Waals surface area contributed by atoms with Crippen LogP contribution in [0.2, 0.25) is 0 Å². The summed E-state index contributed by atoms with van der Waals surface area (Å²) < 4.78 is 1.96. The highest BCUT2D eigenvalue weighted by Gasteiger charge is 2.00. The van der Waals surface area contributed by atoms with Gasteiger partial charge in [0.15, 0.2) is 0 Å². The standard InChI is InChI=1S/C10H13N5/c1-8-3-4-12-10(14-8)13-7-9-11-5-6-15(9)2/h3-6H,7H2,1-2H3,(H,12,13,14). The van der Waals surface area contributed by atoms with Crippen LogP contribution in [-0.2, 0) is 13.6 Å². The van der Waals surface area contributed by atoms with Crippen LogP contribution in [-0.4, -0.2) is 19.5 Å². The lowest BCUT2D eigenvalue weighted by molar-refractivity contribution is 0.807. The number of aryl methyl sites for hydroxylation is 2. The normalized spacial score (nSPS) is 10.3. The molecule has 0 unspecified atom stereocenters. The largest absolute Gasteiger partial charge is 0.347 e.